The van der Waals surface area contributed by atoms with Crippen LogP contribution in [-0.2, 0) is 0 Å². The molecule has 0 radical (unpaired) electrons. The zero-order chi connectivity index (χ0) is 51.5. The number of allylic oxidation sites excluding steroid dienone is 1. The normalized spacial score (nSPS) is 14.2. The van der Waals surface area contributed by atoms with Crippen molar-refractivity contribution in [3.63, 3.8) is 0 Å². The Balaban J connectivity index is 0.000000146. The second kappa shape index (κ2) is 22.2. The molecule has 0 spiro atoms. The topological polar surface area (TPSA) is 105 Å². The van der Waals surface area contributed by atoms with Crippen molar-refractivity contribution >= 4 is 115 Å². The Hall–Kier alpha value is -6.34. The fraction of sp³-hybridized carbons (Fsp3) is 0.207. The summed E-state index contributed by atoms with van der Waals surface area (Å²) < 4.78 is 0. The monoisotopic (exact) mass is 1050 g/mol. The molecule has 3 aliphatic rings. The number of H-pyrrole nitrogens is 1. The number of benzodiazepines with no additional fused rings is 1. The summed E-state index contributed by atoms with van der Waals surface area (Å²) in [7, 11) is 4.05. The highest BCUT2D eigenvalue weighted by atomic mass is 35.5. The number of aliphatic imine (C=N–C) groups is 4. The Labute approximate surface area is 447 Å². The number of nitrogens with one attached hydrogen (secondary N) is 3. The summed E-state index contributed by atoms with van der Waals surface area (Å²) in [5.74, 6) is 0.735. The van der Waals surface area contributed by atoms with E-state index in [0.29, 0.717) is 21.6 Å². The lowest BCUT2D eigenvalue weighted by Crippen LogP contribution is -2.14. The number of benzene rings is 6. The first-order valence-electron chi connectivity index (χ1n) is 23.4. The molecule has 6 aromatic carbocycles. The van der Waals surface area contributed by atoms with Gasteiger partial charge in [0.05, 0.1) is 35.1 Å². The van der Waals surface area contributed by atoms with E-state index in [1.165, 1.54) is 33.4 Å². The molecule has 0 unspecified atom stereocenters. The van der Waals surface area contributed by atoms with Gasteiger partial charge in [0, 0.05) is 79.6 Å². The van der Waals surface area contributed by atoms with Crippen molar-refractivity contribution < 1.29 is 0 Å². The maximum atomic E-state index is 6.56. The molecule has 366 valence electrons. The molecule has 0 atom stereocenters. The van der Waals surface area contributed by atoms with E-state index in [4.69, 9.17) is 62.0 Å². The number of aryl methyl sites for hydroxylation is 7. The summed E-state index contributed by atoms with van der Waals surface area (Å²) in [6.45, 7) is 17.1. The van der Waals surface area contributed by atoms with Gasteiger partial charge in [-0.15, -0.1) is 11.8 Å². The number of aromatic nitrogens is 2. The number of anilines is 3. The molecule has 10 rings (SSSR count). The molecule has 0 saturated carbocycles. The maximum absolute atomic E-state index is 6.56. The summed E-state index contributed by atoms with van der Waals surface area (Å²) >= 11 is 26.3. The Morgan fingerprint density at radius 2 is 1.03 bits per heavy atom. The molecular weight excluding hydrogens is 993 g/mol. The number of hydrogen-bond donors (Lipinski definition) is 3. The zero-order valence-electron chi connectivity index (χ0n) is 42.2. The lowest BCUT2D eigenvalue weighted by atomic mass is 9.96. The molecule has 7 aromatic rings. The van der Waals surface area contributed by atoms with Crippen LogP contribution in [0.25, 0.3) is 0 Å². The van der Waals surface area contributed by atoms with Crippen molar-refractivity contribution in [3.05, 3.63) is 208 Å². The molecule has 14 heteroatoms. The van der Waals surface area contributed by atoms with Crippen LogP contribution in [0.1, 0.15) is 79.4 Å². The summed E-state index contributed by atoms with van der Waals surface area (Å²) in [5, 5.41) is 17.0. The van der Waals surface area contributed by atoms with Gasteiger partial charge in [0.1, 0.15) is 21.4 Å². The van der Waals surface area contributed by atoms with Gasteiger partial charge in [-0.3, -0.25) is 10.1 Å². The SMILES string of the molecule is CSC1=Nc2cc(C)c(C)cc2C(c2ccccc2Cl)=NC1=C(C)N(C)C.Cc1cc2c(cc1C)C(c1ccccc1Cl)=NCC(=S)N2.Cc1cc2c(cc1C)C(c1ccccc1Cl)=Nc1c(n[nH]c1C)N2. The summed E-state index contributed by atoms with van der Waals surface area (Å²) in [4.78, 5) is 22.5. The summed E-state index contributed by atoms with van der Waals surface area (Å²) in [6, 6.07) is 36.3. The first-order chi connectivity index (χ1) is 34.4. The highest BCUT2D eigenvalue weighted by Gasteiger charge is 2.25. The van der Waals surface area contributed by atoms with E-state index >= 15 is 0 Å². The highest BCUT2D eigenvalue weighted by molar-refractivity contribution is 8.13. The van der Waals surface area contributed by atoms with Crippen LogP contribution in [0.2, 0.25) is 15.1 Å². The first-order valence-corrected chi connectivity index (χ1v) is 26.1. The standard InChI is InChI=1S/C22H24ClN3S.C19H17ClN4.C17H15ClN2S/c1-13-11-17-19(12-14(13)2)24-22(27-6)20(15(3)26(4)5)25-21(17)16-9-7-8-10-18(16)23;1-10-8-14-16(9-11(10)2)21-19-17(12(3)23-24-19)22-18(14)13-6-4-5-7-15(13)20;1-10-7-13-15(8-11(10)2)20-16(21)9-19-17(13)12-5-3-4-6-14(12)18/h7-12H,1-6H3;4-9H,1-3H3,(H2,21,23,24);3-8H,9H2,1-2H3,(H,20,21). The van der Waals surface area contributed by atoms with Crippen molar-refractivity contribution in [1.29, 1.82) is 0 Å². The Morgan fingerprint density at radius 1 is 0.569 bits per heavy atom. The van der Waals surface area contributed by atoms with Crippen molar-refractivity contribution in [3.8, 4) is 0 Å². The number of rotatable bonds is 4. The third-order valence-electron chi connectivity index (χ3n) is 12.9. The average molecular weight is 1050 g/mol. The van der Waals surface area contributed by atoms with Gasteiger partial charge in [-0.1, -0.05) is 102 Å². The molecular formula is C58H56Cl3N9S2. The molecule has 1 aromatic heterocycles. The van der Waals surface area contributed by atoms with Gasteiger partial charge < -0.3 is 15.5 Å². The summed E-state index contributed by atoms with van der Waals surface area (Å²) in [5.41, 5.74) is 22.4. The lowest BCUT2D eigenvalue weighted by molar-refractivity contribution is 0.509. The van der Waals surface area contributed by atoms with E-state index in [9.17, 15) is 0 Å². The van der Waals surface area contributed by atoms with Gasteiger partial charge in [0.25, 0.3) is 0 Å². The van der Waals surface area contributed by atoms with Gasteiger partial charge in [-0.05, 0) is 150 Å². The second-order valence-corrected chi connectivity index (χ2v) is 20.6. The van der Waals surface area contributed by atoms with Crippen LogP contribution in [0, 0.1) is 48.5 Å². The molecule has 0 aliphatic carbocycles. The van der Waals surface area contributed by atoms with Crippen LogP contribution in [0.5, 0.6) is 0 Å². The number of hydrogen-bond acceptors (Lipinski definition) is 9. The predicted octanol–water partition coefficient (Wildman–Crippen LogP) is 15.8. The van der Waals surface area contributed by atoms with Gasteiger partial charge in [-0.2, -0.15) is 5.10 Å². The number of fused-ring (bicyclic) bond motifs is 4. The molecule has 9 nitrogen and oxygen atoms in total. The van der Waals surface area contributed by atoms with Crippen LogP contribution in [0.4, 0.5) is 28.6 Å². The van der Waals surface area contributed by atoms with E-state index in [-0.39, 0.29) is 0 Å². The highest BCUT2D eigenvalue weighted by Crippen LogP contribution is 2.39. The third kappa shape index (κ3) is 11.0. The van der Waals surface area contributed by atoms with Crippen LogP contribution < -0.4 is 10.6 Å². The zero-order valence-corrected chi connectivity index (χ0v) is 46.1. The number of aromatic amines is 1. The van der Waals surface area contributed by atoms with Crippen LogP contribution >= 0.6 is 58.8 Å². The number of nitrogens with zero attached hydrogens (tertiary/aromatic N) is 6. The van der Waals surface area contributed by atoms with Gasteiger partial charge in [-0.25, -0.2) is 15.0 Å². The predicted molar refractivity (Wildman–Crippen MR) is 313 cm³/mol. The third-order valence-corrected chi connectivity index (χ3v) is 14.8. The summed E-state index contributed by atoms with van der Waals surface area (Å²) in [6.07, 6.45) is 2.04. The molecule has 3 N–H and O–H groups in total. The minimum atomic E-state index is 0.475. The molecule has 4 heterocycles. The maximum Gasteiger partial charge on any atom is 0.178 e. The van der Waals surface area contributed by atoms with E-state index in [2.05, 4.69) is 116 Å². The second-order valence-electron chi connectivity index (χ2n) is 18.1. The van der Waals surface area contributed by atoms with Crippen LogP contribution in [-0.4, -0.2) is 69.2 Å². The van der Waals surface area contributed by atoms with Gasteiger partial charge in [0.15, 0.2) is 5.82 Å². The number of thioether (sulfide) groups is 1. The molecule has 0 fully saturated rings. The molecule has 0 amide bonds. The van der Waals surface area contributed by atoms with Crippen molar-refractivity contribution in [1.82, 2.24) is 15.1 Å². The Bertz CT molecular complexity index is 3450. The van der Waals surface area contributed by atoms with Crippen LogP contribution in [0.3, 0.4) is 0 Å². The fourth-order valence-electron chi connectivity index (χ4n) is 8.26. The molecule has 72 heavy (non-hydrogen) atoms. The minimum Gasteiger partial charge on any atom is -0.379 e. The Kier molecular flexibility index (Phi) is 16.0. The van der Waals surface area contributed by atoms with E-state index in [1.54, 1.807) is 11.8 Å². The number of thiocarbonyl (C=S) groups is 1. The largest absolute Gasteiger partial charge is 0.379 e. The van der Waals surface area contributed by atoms with Gasteiger partial charge >= 0.3 is 0 Å². The smallest absolute Gasteiger partial charge is 0.178 e. The van der Waals surface area contributed by atoms with Crippen LogP contribution in [0.15, 0.2) is 141 Å². The van der Waals surface area contributed by atoms with E-state index < -0.39 is 0 Å². The van der Waals surface area contributed by atoms with Gasteiger partial charge in [0.2, 0.25) is 0 Å². The minimum absolute atomic E-state index is 0.475. The number of halogens is 3. The van der Waals surface area contributed by atoms with E-state index in [1.807, 2.05) is 100 Å². The molecule has 3 aliphatic heterocycles. The van der Waals surface area contributed by atoms with Crippen molar-refractivity contribution in [2.24, 2.45) is 20.0 Å². The first kappa shape index (κ1) is 52.0. The quantitative estimate of drug-likeness (QED) is 0.152. The van der Waals surface area contributed by atoms with E-state index in [0.717, 1.165) is 106 Å². The van der Waals surface area contributed by atoms with Crippen molar-refractivity contribution in [2.45, 2.75) is 55.4 Å². The fourth-order valence-corrected chi connectivity index (χ4v) is 9.69. The van der Waals surface area contributed by atoms with Crippen molar-refractivity contribution in [2.75, 3.05) is 37.5 Å². The lowest BCUT2D eigenvalue weighted by Gasteiger charge is -2.17. The average Bonchev–Trinajstić information content (AvgIpc) is 3.44. The molecule has 0 saturated heterocycles. The molecule has 0 bridgehead atoms. The Morgan fingerprint density at radius 3 is 1.56 bits per heavy atom.